The van der Waals surface area contributed by atoms with Crippen molar-refractivity contribution in [2.45, 2.75) is 75.8 Å². The summed E-state index contributed by atoms with van der Waals surface area (Å²) in [5.74, 6) is -0.194. The predicted octanol–water partition coefficient (Wildman–Crippen LogP) is 1.87. The van der Waals surface area contributed by atoms with Crippen LogP contribution in [0, 0.1) is 5.41 Å². The molecule has 210 valence electrons. The van der Waals surface area contributed by atoms with E-state index in [4.69, 9.17) is 0 Å². The van der Waals surface area contributed by atoms with Crippen molar-refractivity contribution in [3.63, 3.8) is 0 Å². The van der Waals surface area contributed by atoms with Crippen LogP contribution < -0.4 is 16.0 Å². The summed E-state index contributed by atoms with van der Waals surface area (Å²) in [5.41, 5.74) is 1.98. The van der Waals surface area contributed by atoms with Gasteiger partial charge in [0.05, 0.1) is 23.7 Å². The van der Waals surface area contributed by atoms with Crippen LogP contribution in [0.1, 0.15) is 62.3 Å². The van der Waals surface area contributed by atoms with E-state index < -0.39 is 23.7 Å². The Morgan fingerprint density at radius 2 is 1.85 bits per heavy atom. The van der Waals surface area contributed by atoms with Gasteiger partial charge < -0.3 is 26.2 Å². The number of piperazine rings is 1. The van der Waals surface area contributed by atoms with E-state index in [2.05, 4.69) is 16.0 Å². The Hall–Kier alpha value is -2.78. The van der Waals surface area contributed by atoms with Crippen molar-refractivity contribution in [2.75, 3.05) is 26.2 Å². The monoisotopic (exact) mass is 534 g/mol. The van der Waals surface area contributed by atoms with Gasteiger partial charge in [0.25, 0.3) is 0 Å². The third-order valence-electron chi connectivity index (χ3n) is 8.42. The summed E-state index contributed by atoms with van der Waals surface area (Å²) in [6, 6.07) is 17.0. The van der Waals surface area contributed by atoms with Gasteiger partial charge in [0, 0.05) is 38.1 Å². The highest BCUT2D eigenvalue weighted by Crippen LogP contribution is 2.62. The molecule has 39 heavy (non-hydrogen) atoms. The molecule has 0 aromatic heterocycles. The Kier molecular flexibility index (Phi) is 7.84. The highest BCUT2D eigenvalue weighted by molar-refractivity contribution is 5.88. The Bertz CT molecular complexity index is 1180. The molecule has 0 bridgehead atoms. The number of aliphatic hydroxyl groups excluding tert-OH is 2. The normalized spacial score (nSPS) is 29.4. The largest absolute Gasteiger partial charge is 0.392 e. The first kappa shape index (κ1) is 27.8. The van der Waals surface area contributed by atoms with E-state index in [1.54, 1.807) is 0 Å². The standard InChI is InChI=1S/C31H42N4O4/c1-30(2,3)34-28(38)25-18-32-13-14-35(25)19-22(36)16-31(17-24(31)20-9-5-4-6-10-20)29(39)33-27-23-12-8-7-11-21(23)15-26(27)37/h4-12,22,24-27,32,36-37H,13-19H2,1-3H3,(H,33,39)(H,34,38)/t22-,24?,25-,26+,27?,31?/m0/s1. The zero-order valence-corrected chi connectivity index (χ0v) is 23.2. The quantitative estimate of drug-likeness (QED) is 0.354. The van der Waals surface area contributed by atoms with Crippen molar-refractivity contribution in [3.05, 3.63) is 71.3 Å². The van der Waals surface area contributed by atoms with E-state index in [0.717, 1.165) is 23.2 Å². The SMILES string of the molecule is CC(C)(C)NC(=O)[C@@H]1CNCCN1C[C@@H](O)CC1(C(=O)NC2c3ccccc3C[C@H]2O)CC1c1ccccc1. The van der Waals surface area contributed by atoms with Crippen molar-refractivity contribution in [1.29, 1.82) is 0 Å². The van der Waals surface area contributed by atoms with Gasteiger partial charge in [0.2, 0.25) is 11.8 Å². The van der Waals surface area contributed by atoms with Crippen LogP contribution in [0.15, 0.2) is 54.6 Å². The molecule has 8 heteroatoms. The maximum absolute atomic E-state index is 14.0. The van der Waals surface area contributed by atoms with Crippen LogP contribution in [0.4, 0.5) is 0 Å². The molecule has 1 aliphatic heterocycles. The van der Waals surface area contributed by atoms with E-state index in [-0.39, 0.29) is 29.3 Å². The van der Waals surface area contributed by atoms with Gasteiger partial charge in [-0.1, -0.05) is 54.6 Å². The second-order valence-electron chi connectivity index (χ2n) is 12.6. The highest BCUT2D eigenvalue weighted by Gasteiger charge is 2.61. The molecule has 1 saturated heterocycles. The Morgan fingerprint density at radius 1 is 1.13 bits per heavy atom. The summed E-state index contributed by atoms with van der Waals surface area (Å²) in [7, 11) is 0. The lowest BCUT2D eigenvalue weighted by Crippen LogP contribution is -2.61. The average molecular weight is 535 g/mol. The fourth-order valence-electron chi connectivity index (χ4n) is 6.46. The summed E-state index contributed by atoms with van der Waals surface area (Å²) >= 11 is 0. The fraction of sp³-hybridized carbons (Fsp3) is 0.548. The second kappa shape index (κ2) is 11.0. The molecule has 2 fully saturated rings. The predicted molar refractivity (Wildman–Crippen MR) is 150 cm³/mol. The van der Waals surface area contributed by atoms with Gasteiger partial charge in [-0.25, -0.2) is 0 Å². The Morgan fingerprint density at radius 3 is 2.59 bits per heavy atom. The maximum atomic E-state index is 14.0. The van der Waals surface area contributed by atoms with Crippen molar-refractivity contribution < 1.29 is 19.8 Å². The minimum absolute atomic E-state index is 0.00912. The van der Waals surface area contributed by atoms with Crippen LogP contribution in [0.2, 0.25) is 0 Å². The molecule has 2 amide bonds. The van der Waals surface area contributed by atoms with Gasteiger partial charge in [-0.3, -0.25) is 14.5 Å². The van der Waals surface area contributed by atoms with E-state index in [1.807, 2.05) is 80.3 Å². The van der Waals surface area contributed by atoms with Crippen molar-refractivity contribution in [1.82, 2.24) is 20.9 Å². The minimum atomic E-state index is -0.784. The summed E-state index contributed by atoms with van der Waals surface area (Å²) in [6.45, 7) is 8.09. The molecule has 5 N–H and O–H groups in total. The zero-order valence-electron chi connectivity index (χ0n) is 23.2. The number of aliphatic hydroxyl groups is 2. The number of nitrogens with zero attached hydrogens (tertiary/aromatic N) is 1. The maximum Gasteiger partial charge on any atom is 0.239 e. The topological polar surface area (TPSA) is 114 Å². The number of benzene rings is 2. The number of hydrogen-bond acceptors (Lipinski definition) is 6. The van der Waals surface area contributed by atoms with Crippen molar-refractivity contribution in [2.24, 2.45) is 5.41 Å². The van der Waals surface area contributed by atoms with E-state index >= 15 is 0 Å². The first-order valence-electron chi connectivity index (χ1n) is 14.1. The molecule has 3 aliphatic rings. The lowest BCUT2D eigenvalue weighted by Gasteiger charge is -2.38. The zero-order chi connectivity index (χ0) is 27.8. The van der Waals surface area contributed by atoms with Crippen LogP contribution in [0.25, 0.3) is 0 Å². The molecular weight excluding hydrogens is 492 g/mol. The summed E-state index contributed by atoms with van der Waals surface area (Å²) in [6.07, 6.45) is -0.0152. The molecule has 1 saturated carbocycles. The number of carbonyl (C=O) groups is 2. The number of fused-ring (bicyclic) bond motifs is 1. The van der Waals surface area contributed by atoms with Crippen LogP contribution >= 0.6 is 0 Å². The molecule has 8 nitrogen and oxygen atoms in total. The molecule has 2 aliphatic carbocycles. The molecule has 2 aromatic rings. The molecule has 6 atom stereocenters. The molecule has 0 spiro atoms. The second-order valence-corrected chi connectivity index (χ2v) is 12.6. The van der Waals surface area contributed by atoms with Crippen LogP contribution in [0.3, 0.4) is 0 Å². The highest BCUT2D eigenvalue weighted by atomic mass is 16.3. The fourth-order valence-corrected chi connectivity index (χ4v) is 6.46. The number of nitrogens with one attached hydrogen (secondary N) is 3. The van der Waals surface area contributed by atoms with E-state index in [9.17, 15) is 19.8 Å². The average Bonchev–Trinajstić information content (AvgIpc) is 3.53. The van der Waals surface area contributed by atoms with Gasteiger partial charge in [-0.05, 0) is 56.2 Å². The van der Waals surface area contributed by atoms with Gasteiger partial charge in [0.15, 0.2) is 0 Å². The first-order valence-corrected chi connectivity index (χ1v) is 14.1. The van der Waals surface area contributed by atoms with Gasteiger partial charge in [-0.15, -0.1) is 0 Å². The van der Waals surface area contributed by atoms with Gasteiger partial charge >= 0.3 is 0 Å². The number of rotatable bonds is 8. The lowest BCUT2D eigenvalue weighted by molar-refractivity contribution is -0.131. The van der Waals surface area contributed by atoms with Crippen LogP contribution in [-0.4, -0.2) is 76.9 Å². The number of hydrogen-bond donors (Lipinski definition) is 5. The molecule has 1 heterocycles. The number of β-amino-alcohol motifs (C(OH)–C–C–N with tert-alkyl or cyclic N) is 1. The minimum Gasteiger partial charge on any atom is -0.392 e. The Labute approximate surface area is 231 Å². The van der Waals surface area contributed by atoms with Crippen LogP contribution in [0.5, 0.6) is 0 Å². The van der Waals surface area contributed by atoms with Crippen molar-refractivity contribution >= 4 is 11.8 Å². The van der Waals surface area contributed by atoms with Crippen molar-refractivity contribution in [3.8, 4) is 0 Å². The number of amides is 2. The van der Waals surface area contributed by atoms with Gasteiger partial charge in [-0.2, -0.15) is 0 Å². The molecule has 0 radical (unpaired) electrons. The number of carbonyl (C=O) groups excluding carboxylic acids is 2. The molecule has 5 rings (SSSR count). The third-order valence-corrected chi connectivity index (χ3v) is 8.42. The molecular formula is C31H42N4O4. The van der Waals surface area contributed by atoms with E-state index in [1.165, 1.54) is 0 Å². The van der Waals surface area contributed by atoms with Gasteiger partial charge in [0.1, 0.15) is 6.04 Å². The molecule has 2 aromatic carbocycles. The molecule has 3 unspecified atom stereocenters. The van der Waals surface area contributed by atoms with Crippen LogP contribution in [-0.2, 0) is 16.0 Å². The summed E-state index contributed by atoms with van der Waals surface area (Å²) < 4.78 is 0. The smallest absolute Gasteiger partial charge is 0.239 e. The van der Waals surface area contributed by atoms with E-state index in [0.29, 0.717) is 38.9 Å². The summed E-state index contributed by atoms with van der Waals surface area (Å²) in [5, 5.41) is 31.7. The Balaban J connectivity index is 1.32. The summed E-state index contributed by atoms with van der Waals surface area (Å²) in [4.78, 5) is 29.0. The third kappa shape index (κ3) is 6.04. The lowest BCUT2D eigenvalue weighted by atomic mass is 9.90. The first-order chi connectivity index (χ1) is 18.6.